The third-order valence-electron chi connectivity index (χ3n) is 1.27. The van der Waals surface area contributed by atoms with Crippen molar-refractivity contribution in [3.63, 3.8) is 0 Å². The van der Waals surface area contributed by atoms with E-state index in [9.17, 15) is 9.59 Å². The number of thiophene rings is 1. The number of hydrogen-bond donors (Lipinski definition) is 1. The van der Waals surface area contributed by atoms with E-state index in [4.69, 9.17) is 16.7 Å². The molecule has 0 radical (unpaired) electrons. The number of Topliss-reactive ketones (excluding diaryl/α,β-unsaturated/α-hetero) is 1. The predicted octanol–water partition coefficient (Wildman–Crippen LogP) is 2.36. The molecule has 0 aromatic carbocycles. The minimum absolute atomic E-state index is 0.106. The lowest BCUT2D eigenvalue weighted by atomic mass is 10.2. The van der Waals surface area contributed by atoms with Gasteiger partial charge in [0.15, 0.2) is 0 Å². The first-order valence-corrected chi connectivity index (χ1v) is 5.19. The molecule has 0 saturated heterocycles. The topological polar surface area (TPSA) is 54.4 Å². The fourth-order valence-electron chi connectivity index (χ4n) is 0.712. The molecule has 0 bridgehead atoms. The minimum Gasteiger partial charge on any atom is -0.475 e. The van der Waals surface area contributed by atoms with Gasteiger partial charge in [0.2, 0.25) is 5.78 Å². The molecule has 6 heteroatoms. The van der Waals surface area contributed by atoms with E-state index < -0.39 is 11.8 Å². The van der Waals surface area contributed by atoms with E-state index in [1.165, 1.54) is 11.3 Å². The van der Waals surface area contributed by atoms with Crippen LogP contribution in [0.1, 0.15) is 4.88 Å². The number of carbonyl (C=O) groups is 2. The second kappa shape index (κ2) is 4.21. The van der Waals surface area contributed by atoms with E-state index in [1.54, 1.807) is 6.07 Å². The lowest BCUT2D eigenvalue weighted by Gasteiger charge is -1.89. The Balaban J connectivity index is 2.75. The molecule has 0 unspecified atom stereocenters. The smallest absolute Gasteiger partial charge is 0.372 e. The Morgan fingerprint density at radius 3 is 2.62 bits per heavy atom. The van der Waals surface area contributed by atoms with Gasteiger partial charge in [0.1, 0.15) is 4.34 Å². The van der Waals surface area contributed by atoms with Gasteiger partial charge in [-0.15, -0.1) is 11.3 Å². The van der Waals surface area contributed by atoms with E-state index in [1.807, 2.05) is 0 Å². The Morgan fingerprint density at radius 1 is 1.62 bits per heavy atom. The van der Waals surface area contributed by atoms with Gasteiger partial charge in [0.05, 0.1) is 6.42 Å². The van der Waals surface area contributed by atoms with Crippen LogP contribution >= 0.6 is 38.9 Å². The number of carboxylic acids is 1. The quantitative estimate of drug-likeness (QED) is 0.867. The molecule has 0 spiro atoms. The van der Waals surface area contributed by atoms with Crippen molar-refractivity contribution in [2.45, 2.75) is 6.42 Å². The average Bonchev–Trinajstić information content (AvgIpc) is 2.31. The van der Waals surface area contributed by atoms with Gasteiger partial charge in [-0.1, -0.05) is 11.6 Å². The molecule has 1 aromatic rings. The van der Waals surface area contributed by atoms with E-state index in [0.29, 0.717) is 13.7 Å². The van der Waals surface area contributed by atoms with Crippen molar-refractivity contribution in [2.24, 2.45) is 0 Å². The summed E-state index contributed by atoms with van der Waals surface area (Å²) in [6.07, 6.45) is -0.106. The summed E-state index contributed by atoms with van der Waals surface area (Å²) in [5.41, 5.74) is 0. The van der Waals surface area contributed by atoms with Crippen LogP contribution in [0.2, 0.25) is 4.34 Å². The molecule has 0 aliphatic heterocycles. The molecule has 1 aromatic heterocycles. The molecule has 0 amide bonds. The molecule has 13 heavy (non-hydrogen) atoms. The second-order valence-electron chi connectivity index (χ2n) is 2.24. The molecular weight excluding hydrogens is 279 g/mol. The number of carboxylic acid groups (broad SMARTS) is 1. The number of hydrogen-bond acceptors (Lipinski definition) is 3. The number of aliphatic carboxylic acids is 1. The second-order valence-corrected chi connectivity index (χ2v) is 4.83. The Morgan fingerprint density at radius 2 is 2.23 bits per heavy atom. The van der Waals surface area contributed by atoms with Crippen LogP contribution in [0, 0.1) is 0 Å². The maximum absolute atomic E-state index is 10.8. The highest BCUT2D eigenvalue weighted by molar-refractivity contribution is 9.10. The standard InChI is InChI=1S/C7H4BrClO3S/c8-4-1-3(13-6(4)9)2-5(10)7(11)12/h1H,2H2,(H,11,12). The van der Waals surface area contributed by atoms with Crippen molar-refractivity contribution in [3.05, 3.63) is 19.8 Å². The summed E-state index contributed by atoms with van der Waals surface area (Å²) < 4.78 is 1.21. The molecule has 0 aliphatic rings. The number of carbonyl (C=O) groups excluding carboxylic acids is 1. The van der Waals surface area contributed by atoms with Gasteiger partial charge < -0.3 is 5.11 Å². The van der Waals surface area contributed by atoms with Gasteiger partial charge in [-0.25, -0.2) is 4.79 Å². The fourth-order valence-corrected chi connectivity index (χ4v) is 2.50. The van der Waals surface area contributed by atoms with E-state index in [2.05, 4.69) is 15.9 Å². The molecule has 0 fully saturated rings. The van der Waals surface area contributed by atoms with Gasteiger partial charge in [-0.2, -0.15) is 0 Å². The van der Waals surface area contributed by atoms with Crippen molar-refractivity contribution >= 4 is 50.6 Å². The number of rotatable bonds is 3. The van der Waals surface area contributed by atoms with Gasteiger partial charge in [-0.3, -0.25) is 4.79 Å². The Labute approximate surface area is 91.5 Å². The lowest BCUT2D eigenvalue weighted by Crippen LogP contribution is -2.14. The number of halogens is 2. The zero-order valence-electron chi connectivity index (χ0n) is 6.21. The van der Waals surface area contributed by atoms with Gasteiger partial charge >= 0.3 is 5.97 Å². The van der Waals surface area contributed by atoms with Crippen LogP contribution in [-0.4, -0.2) is 16.9 Å². The third kappa shape index (κ3) is 2.79. The Hall–Kier alpha value is -0.390. The maximum atomic E-state index is 10.8. The molecule has 1 N–H and O–H groups in total. The van der Waals surface area contributed by atoms with Crippen LogP contribution in [-0.2, 0) is 16.0 Å². The summed E-state index contributed by atoms with van der Waals surface area (Å²) in [5.74, 6) is -2.24. The van der Waals surface area contributed by atoms with Crippen LogP contribution in [0.5, 0.6) is 0 Å². The fraction of sp³-hybridized carbons (Fsp3) is 0.143. The lowest BCUT2D eigenvalue weighted by molar-refractivity contribution is -0.148. The van der Waals surface area contributed by atoms with Crippen LogP contribution in [0.15, 0.2) is 10.5 Å². The largest absolute Gasteiger partial charge is 0.475 e. The molecule has 0 aliphatic carbocycles. The van der Waals surface area contributed by atoms with Crippen LogP contribution < -0.4 is 0 Å². The predicted molar refractivity (Wildman–Crippen MR) is 53.4 cm³/mol. The highest BCUT2D eigenvalue weighted by atomic mass is 79.9. The van der Waals surface area contributed by atoms with E-state index in [-0.39, 0.29) is 6.42 Å². The summed E-state index contributed by atoms with van der Waals surface area (Å²) in [7, 11) is 0. The molecule has 0 saturated carbocycles. The van der Waals surface area contributed by atoms with E-state index in [0.717, 1.165) is 0 Å². The summed E-state index contributed by atoms with van der Waals surface area (Å²) in [6.45, 7) is 0. The first-order valence-electron chi connectivity index (χ1n) is 3.20. The van der Waals surface area contributed by atoms with Crippen molar-refractivity contribution in [3.8, 4) is 0 Å². The van der Waals surface area contributed by atoms with Crippen LogP contribution in [0.3, 0.4) is 0 Å². The Kier molecular flexibility index (Phi) is 3.47. The molecule has 1 heterocycles. The monoisotopic (exact) mass is 282 g/mol. The minimum atomic E-state index is -1.42. The average molecular weight is 284 g/mol. The molecule has 1 rings (SSSR count). The van der Waals surface area contributed by atoms with Crippen molar-refractivity contribution in [1.82, 2.24) is 0 Å². The van der Waals surface area contributed by atoms with E-state index >= 15 is 0 Å². The first kappa shape index (κ1) is 10.7. The zero-order chi connectivity index (χ0) is 10.0. The summed E-state index contributed by atoms with van der Waals surface area (Å²) in [5, 5.41) is 8.33. The normalized spacial score (nSPS) is 10.0. The SMILES string of the molecule is O=C(O)C(=O)Cc1cc(Br)c(Cl)s1. The van der Waals surface area contributed by atoms with Gasteiger partial charge in [0.25, 0.3) is 0 Å². The molecule has 3 nitrogen and oxygen atoms in total. The molecule has 70 valence electrons. The molecular formula is C7H4BrClO3S. The highest BCUT2D eigenvalue weighted by Gasteiger charge is 2.14. The summed E-state index contributed by atoms with van der Waals surface area (Å²) >= 11 is 10.1. The van der Waals surface area contributed by atoms with Crippen LogP contribution in [0.25, 0.3) is 0 Å². The summed E-state index contributed by atoms with van der Waals surface area (Å²) in [4.78, 5) is 21.6. The van der Waals surface area contributed by atoms with Crippen molar-refractivity contribution < 1.29 is 14.7 Å². The van der Waals surface area contributed by atoms with Crippen LogP contribution in [0.4, 0.5) is 0 Å². The van der Waals surface area contributed by atoms with Gasteiger partial charge in [-0.05, 0) is 22.0 Å². The highest BCUT2D eigenvalue weighted by Crippen LogP contribution is 2.32. The van der Waals surface area contributed by atoms with Crippen molar-refractivity contribution in [2.75, 3.05) is 0 Å². The number of ketones is 1. The first-order chi connectivity index (χ1) is 6.00. The Bertz CT molecular complexity index is 341. The zero-order valence-corrected chi connectivity index (χ0v) is 9.37. The molecule has 0 atom stereocenters. The third-order valence-corrected chi connectivity index (χ3v) is 3.74. The van der Waals surface area contributed by atoms with Crippen molar-refractivity contribution in [1.29, 1.82) is 0 Å². The van der Waals surface area contributed by atoms with Gasteiger partial charge in [0, 0.05) is 9.35 Å². The maximum Gasteiger partial charge on any atom is 0.372 e. The summed E-state index contributed by atoms with van der Waals surface area (Å²) in [6, 6.07) is 1.65.